The van der Waals surface area contributed by atoms with Crippen LogP contribution in [0, 0.1) is 5.92 Å². The highest BCUT2D eigenvalue weighted by Crippen LogP contribution is 2.23. The standard InChI is InChI=1S/C19H24N6O5/c1-10(2)9-24-17-12(4-7-14(27)23-22-11(3)26)8-20-25(17)19(30)15(18(24)29)16(28)21-13-5-6-13/h4,7-8,10,13,30H,5-6,9H2,1-3H3,(H,21,28)(H,22,26)(H,23,27)/b7-4+. The predicted molar refractivity (Wildman–Crippen MR) is 107 cm³/mol. The molecule has 11 heteroatoms. The molecule has 0 unspecified atom stereocenters. The summed E-state index contributed by atoms with van der Waals surface area (Å²) in [5.74, 6) is -2.16. The number of aromatic nitrogens is 3. The minimum atomic E-state index is -0.637. The molecule has 0 bridgehead atoms. The van der Waals surface area contributed by atoms with E-state index >= 15 is 0 Å². The lowest BCUT2D eigenvalue weighted by Gasteiger charge is -2.15. The van der Waals surface area contributed by atoms with Gasteiger partial charge in [-0.2, -0.15) is 9.61 Å². The van der Waals surface area contributed by atoms with E-state index in [1.54, 1.807) is 0 Å². The Morgan fingerprint density at radius 2 is 2.00 bits per heavy atom. The third-order valence-electron chi connectivity index (χ3n) is 4.37. The van der Waals surface area contributed by atoms with E-state index in [1.165, 1.54) is 23.8 Å². The van der Waals surface area contributed by atoms with Gasteiger partial charge in [0, 0.05) is 31.1 Å². The van der Waals surface area contributed by atoms with Gasteiger partial charge in [0.1, 0.15) is 5.65 Å². The minimum Gasteiger partial charge on any atom is -0.492 e. The summed E-state index contributed by atoms with van der Waals surface area (Å²) in [4.78, 5) is 48.3. The van der Waals surface area contributed by atoms with Gasteiger partial charge in [-0.15, -0.1) is 0 Å². The Hall–Kier alpha value is -3.63. The van der Waals surface area contributed by atoms with Crippen LogP contribution >= 0.6 is 0 Å². The Morgan fingerprint density at radius 1 is 1.30 bits per heavy atom. The number of nitrogens with one attached hydrogen (secondary N) is 3. The van der Waals surface area contributed by atoms with Gasteiger partial charge < -0.3 is 10.4 Å². The molecule has 0 radical (unpaired) electrons. The van der Waals surface area contributed by atoms with Crippen molar-refractivity contribution in [3.05, 3.63) is 33.8 Å². The Balaban J connectivity index is 2.06. The summed E-state index contributed by atoms with van der Waals surface area (Å²) in [5.41, 5.74) is 3.98. The van der Waals surface area contributed by atoms with E-state index in [4.69, 9.17) is 0 Å². The van der Waals surface area contributed by atoms with Crippen LogP contribution in [0.1, 0.15) is 49.5 Å². The molecule has 0 aromatic carbocycles. The highest BCUT2D eigenvalue weighted by atomic mass is 16.3. The van der Waals surface area contributed by atoms with Crippen LogP contribution in [0.25, 0.3) is 11.7 Å². The molecular weight excluding hydrogens is 392 g/mol. The number of fused-ring (bicyclic) bond motifs is 1. The van der Waals surface area contributed by atoms with Crippen LogP contribution < -0.4 is 21.7 Å². The van der Waals surface area contributed by atoms with Gasteiger partial charge in [-0.3, -0.25) is 34.6 Å². The van der Waals surface area contributed by atoms with Crippen LogP contribution in [-0.4, -0.2) is 43.1 Å². The SMILES string of the molecule is CC(=O)NNC(=O)/C=C/c1cnn2c(O)c(C(=O)NC3CC3)c(=O)n(CC(C)C)c12. The van der Waals surface area contributed by atoms with Crippen molar-refractivity contribution in [2.24, 2.45) is 5.92 Å². The van der Waals surface area contributed by atoms with Crippen LogP contribution in [0.2, 0.25) is 0 Å². The number of nitrogens with zero attached hydrogens (tertiary/aromatic N) is 3. The van der Waals surface area contributed by atoms with Crippen molar-refractivity contribution in [1.29, 1.82) is 0 Å². The first-order valence-electron chi connectivity index (χ1n) is 9.58. The molecule has 11 nitrogen and oxygen atoms in total. The van der Waals surface area contributed by atoms with Crippen LogP contribution in [-0.2, 0) is 16.1 Å². The number of aromatic hydroxyl groups is 1. The largest absolute Gasteiger partial charge is 0.492 e. The molecule has 3 rings (SSSR count). The van der Waals surface area contributed by atoms with Gasteiger partial charge >= 0.3 is 0 Å². The second-order valence-electron chi connectivity index (χ2n) is 7.60. The van der Waals surface area contributed by atoms with Crippen molar-refractivity contribution in [3.63, 3.8) is 0 Å². The van der Waals surface area contributed by atoms with Gasteiger partial charge in [-0.1, -0.05) is 13.8 Å². The van der Waals surface area contributed by atoms with Crippen molar-refractivity contribution < 1.29 is 19.5 Å². The molecule has 2 heterocycles. The van der Waals surface area contributed by atoms with Crippen molar-refractivity contribution in [3.8, 4) is 5.88 Å². The molecule has 1 aliphatic rings. The normalized spacial score (nSPS) is 13.7. The molecule has 3 amide bonds. The predicted octanol–water partition coefficient (Wildman–Crippen LogP) is -0.0697. The van der Waals surface area contributed by atoms with Crippen molar-refractivity contribution in [2.45, 2.75) is 46.2 Å². The van der Waals surface area contributed by atoms with Gasteiger partial charge in [0.25, 0.3) is 17.4 Å². The zero-order valence-corrected chi connectivity index (χ0v) is 16.9. The van der Waals surface area contributed by atoms with Gasteiger partial charge in [0.05, 0.1) is 6.20 Å². The number of carbonyl (C=O) groups is 3. The summed E-state index contributed by atoms with van der Waals surface area (Å²) in [6.45, 7) is 5.34. The van der Waals surface area contributed by atoms with E-state index < -0.39 is 29.2 Å². The monoisotopic (exact) mass is 416 g/mol. The first-order chi connectivity index (χ1) is 14.2. The molecule has 0 aliphatic heterocycles. The van der Waals surface area contributed by atoms with E-state index in [9.17, 15) is 24.3 Å². The lowest BCUT2D eigenvalue weighted by molar-refractivity contribution is -0.125. The molecule has 2 aromatic heterocycles. The summed E-state index contributed by atoms with van der Waals surface area (Å²) in [7, 11) is 0. The number of rotatable bonds is 6. The average molecular weight is 416 g/mol. The summed E-state index contributed by atoms with van der Waals surface area (Å²) < 4.78 is 2.47. The molecule has 160 valence electrons. The summed E-state index contributed by atoms with van der Waals surface area (Å²) >= 11 is 0. The molecule has 2 aromatic rings. The molecule has 30 heavy (non-hydrogen) atoms. The van der Waals surface area contributed by atoms with Crippen molar-refractivity contribution in [2.75, 3.05) is 0 Å². The zero-order valence-electron chi connectivity index (χ0n) is 16.9. The molecule has 1 saturated carbocycles. The third-order valence-corrected chi connectivity index (χ3v) is 4.37. The van der Waals surface area contributed by atoms with Gasteiger partial charge in [0.15, 0.2) is 5.56 Å². The van der Waals surface area contributed by atoms with Crippen LogP contribution in [0.4, 0.5) is 0 Å². The average Bonchev–Trinajstić information content (AvgIpc) is 3.37. The fourth-order valence-electron chi connectivity index (χ4n) is 2.91. The number of hydrogen-bond donors (Lipinski definition) is 4. The number of hydrazine groups is 1. The van der Waals surface area contributed by atoms with E-state index in [1.807, 2.05) is 13.8 Å². The van der Waals surface area contributed by atoms with Gasteiger partial charge in [-0.25, -0.2) is 0 Å². The van der Waals surface area contributed by atoms with Gasteiger partial charge in [-0.05, 0) is 24.8 Å². The maximum Gasteiger partial charge on any atom is 0.270 e. The molecule has 0 atom stereocenters. The van der Waals surface area contributed by atoms with Crippen LogP contribution in [0.15, 0.2) is 17.1 Å². The summed E-state index contributed by atoms with van der Waals surface area (Å²) in [5, 5.41) is 17.4. The van der Waals surface area contributed by atoms with Crippen molar-refractivity contribution in [1.82, 2.24) is 30.3 Å². The second kappa shape index (κ2) is 8.39. The van der Waals surface area contributed by atoms with Gasteiger partial charge in [0.2, 0.25) is 11.8 Å². The molecule has 4 N–H and O–H groups in total. The quantitative estimate of drug-likeness (QED) is 0.383. The van der Waals surface area contributed by atoms with Crippen LogP contribution in [0.3, 0.4) is 0 Å². The molecule has 0 spiro atoms. The fourth-order valence-corrected chi connectivity index (χ4v) is 2.91. The molecule has 1 fully saturated rings. The Morgan fingerprint density at radius 3 is 2.60 bits per heavy atom. The third kappa shape index (κ3) is 4.50. The van der Waals surface area contributed by atoms with E-state index in [2.05, 4.69) is 21.3 Å². The fraction of sp³-hybridized carbons (Fsp3) is 0.421. The smallest absolute Gasteiger partial charge is 0.270 e. The maximum absolute atomic E-state index is 13.1. The minimum absolute atomic E-state index is 0.0174. The molecular formula is C19H24N6O5. The lowest BCUT2D eigenvalue weighted by Crippen LogP contribution is -2.39. The topological polar surface area (TPSA) is 147 Å². The summed E-state index contributed by atoms with van der Waals surface area (Å²) in [6, 6.07) is 0.0174. The number of amides is 3. The summed E-state index contributed by atoms with van der Waals surface area (Å²) in [6.07, 6.45) is 5.61. The first kappa shape index (κ1) is 21.1. The Labute approximate surface area is 171 Å². The van der Waals surface area contributed by atoms with E-state index in [0.29, 0.717) is 5.56 Å². The van der Waals surface area contributed by atoms with Crippen molar-refractivity contribution >= 4 is 29.4 Å². The lowest BCUT2D eigenvalue weighted by atomic mass is 10.2. The Bertz CT molecular complexity index is 1090. The first-order valence-corrected chi connectivity index (χ1v) is 9.58. The van der Waals surface area contributed by atoms with E-state index in [-0.39, 0.29) is 29.7 Å². The molecule has 1 aliphatic carbocycles. The zero-order chi connectivity index (χ0) is 22.0. The maximum atomic E-state index is 13.1. The van der Waals surface area contributed by atoms with E-state index in [0.717, 1.165) is 23.4 Å². The Kier molecular flexibility index (Phi) is 5.90. The highest BCUT2D eigenvalue weighted by molar-refractivity contribution is 5.97. The van der Waals surface area contributed by atoms with Crippen LogP contribution in [0.5, 0.6) is 5.88 Å². The number of hydrogen-bond acceptors (Lipinski definition) is 6. The number of carbonyl (C=O) groups excluding carboxylic acids is 3. The molecule has 0 saturated heterocycles. The highest BCUT2D eigenvalue weighted by Gasteiger charge is 2.29. The second-order valence-corrected chi connectivity index (χ2v) is 7.60.